The Balaban J connectivity index is 5.22. The lowest BCUT2D eigenvalue weighted by atomic mass is 9.93. The summed E-state index contributed by atoms with van der Waals surface area (Å²) in [5.41, 5.74) is 0. The molecular formula is C17H21F15. The van der Waals surface area contributed by atoms with Gasteiger partial charge in [-0.3, -0.25) is 0 Å². The predicted octanol–water partition coefficient (Wildman–Crippen LogP) is 8.75. The summed E-state index contributed by atoms with van der Waals surface area (Å²) >= 11 is 0. The van der Waals surface area contributed by atoms with Gasteiger partial charge in [-0.2, -0.15) is 13.2 Å². The molecule has 32 heavy (non-hydrogen) atoms. The number of hydrogen-bond acceptors (Lipinski definition) is 0. The molecule has 0 N–H and O–H groups in total. The average molecular weight is 510 g/mol. The fourth-order valence-electron chi connectivity index (χ4n) is 3.17. The Morgan fingerprint density at radius 3 is 0.812 bits per heavy atom. The molecule has 194 valence electrons. The van der Waals surface area contributed by atoms with Crippen LogP contribution >= 0.6 is 0 Å². The van der Waals surface area contributed by atoms with Crippen molar-refractivity contribution in [3.05, 3.63) is 0 Å². The normalized spacial score (nSPS) is 15.6. The number of hydrogen-bond donors (Lipinski definition) is 0. The molecule has 0 saturated heterocycles. The van der Waals surface area contributed by atoms with E-state index in [4.69, 9.17) is 0 Å². The van der Waals surface area contributed by atoms with Crippen LogP contribution in [-0.2, 0) is 0 Å². The van der Waals surface area contributed by atoms with Gasteiger partial charge in [0.25, 0.3) is 35.5 Å². The lowest BCUT2D eigenvalue weighted by Gasteiger charge is -2.31. The molecular weight excluding hydrogens is 489 g/mol. The fourth-order valence-corrected chi connectivity index (χ4v) is 3.17. The molecule has 15 heteroatoms. The van der Waals surface area contributed by atoms with Crippen molar-refractivity contribution < 1.29 is 65.9 Å². The van der Waals surface area contributed by atoms with Crippen LogP contribution in [0.5, 0.6) is 0 Å². The molecule has 0 aliphatic heterocycles. The molecule has 0 aromatic carbocycles. The highest BCUT2D eigenvalue weighted by Crippen LogP contribution is 2.48. The van der Waals surface area contributed by atoms with Gasteiger partial charge < -0.3 is 0 Å². The largest absolute Gasteiger partial charge is 0.394 e. The van der Waals surface area contributed by atoms with E-state index in [-0.39, 0.29) is 0 Å². The molecule has 0 spiro atoms. The second-order valence-electron chi connectivity index (χ2n) is 8.41. The molecule has 0 rings (SSSR count). The summed E-state index contributed by atoms with van der Waals surface area (Å²) in [6.07, 6.45) is -24.3. The summed E-state index contributed by atoms with van der Waals surface area (Å²) in [5, 5.41) is 0. The van der Waals surface area contributed by atoms with Gasteiger partial charge in [-0.25, -0.2) is 52.7 Å². The molecule has 0 heterocycles. The van der Waals surface area contributed by atoms with Crippen LogP contribution in [0.2, 0.25) is 0 Å². The quantitative estimate of drug-likeness (QED) is 0.217. The highest BCUT2D eigenvalue weighted by Gasteiger charge is 2.57. The van der Waals surface area contributed by atoms with E-state index >= 15 is 0 Å². The first-order valence-electron chi connectivity index (χ1n) is 8.99. The van der Waals surface area contributed by atoms with Crippen LogP contribution in [0, 0.1) is 5.92 Å². The molecule has 0 aliphatic carbocycles. The first-order valence-corrected chi connectivity index (χ1v) is 8.99. The minimum absolute atomic E-state index is 0.830. The fraction of sp³-hybridized carbons (Fsp3) is 1.00. The van der Waals surface area contributed by atoms with Gasteiger partial charge in [0, 0.05) is 6.42 Å². The van der Waals surface area contributed by atoms with E-state index in [1.54, 1.807) is 0 Å². The molecule has 0 radical (unpaired) electrons. The maximum Gasteiger partial charge on any atom is 0.394 e. The molecule has 0 fully saturated rings. The summed E-state index contributed by atoms with van der Waals surface area (Å²) in [6.45, 7) is 2.42. The summed E-state index contributed by atoms with van der Waals surface area (Å²) in [5.74, 6) is -30.8. The Kier molecular flexibility index (Phi) is 9.35. The third-order valence-corrected chi connectivity index (χ3v) is 3.75. The number of alkyl halides is 15. The van der Waals surface area contributed by atoms with Crippen molar-refractivity contribution in [2.45, 2.75) is 101 Å². The first-order chi connectivity index (χ1) is 13.7. The number of halogens is 15. The Bertz CT molecular complexity index is 589. The Hall–Kier alpha value is -1.05. The highest BCUT2D eigenvalue weighted by atomic mass is 19.4. The standard InChI is InChI=1S/C17H21F15/c1-10(2)3-11(18,19)4-12(20,21)5-13(22,23)6-14(24,25)7-15(26,27)8-16(28,29)9-17(30,31)32/h10H,3-9H2,1-2H3. The molecule has 0 unspecified atom stereocenters. The average Bonchev–Trinajstić information content (AvgIpc) is 2.22. The summed E-state index contributed by atoms with van der Waals surface area (Å²) < 4.78 is 197. The van der Waals surface area contributed by atoms with Gasteiger partial charge >= 0.3 is 6.18 Å². The van der Waals surface area contributed by atoms with E-state index < -0.39 is 92.6 Å². The molecule has 0 amide bonds. The van der Waals surface area contributed by atoms with Crippen molar-refractivity contribution in [2.24, 2.45) is 5.92 Å². The van der Waals surface area contributed by atoms with E-state index in [0.717, 1.165) is 0 Å². The smallest absolute Gasteiger partial charge is 0.207 e. The lowest BCUT2D eigenvalue weighted by Crippen LogP contribution is -2.41. The summed E-state index contributed by atoms with van der Waals surface area (Å²) in [7, 11) is 0. The van der Waals surface area contributed by atoms with Crippen LogP contribution in [0.15, 0.2) is 0 Å². The highest BCUT2D eigenvalue weighted by molar-refractivity contribution is 4.90. The van der Waals surface area contributed by atoms with Gasteiger partial charge in [0.2, 0.25) is 0 Å². The molecule has 0 aromatic rings. The van der Waals surface area contributed by atoms with Gasteiger partial charge in [0.1, 0.15) is 6.42 Å². The summed E-state index contributed by atoms with van der Waals surface area (Å²) in [6, 6.07) is 0. The van der Waals surface area contributed by atoms with Gasteiger partial charge in [0.05, 0.1) is 32.1 Å². The Morgan fingerprint density at radius 2 is 0.594 bits per heavy atom. The molecule has 0 aromatic heterocycles. The van der Waals surface area contributed by atoms with Gasteiger partial charge in [-0.15, -0.1) is 0 Å². The van der Waals surface area contributed by atoms with Crippen molar-refractivity contribution >= 4 is 0 Å². The molecule has 0 atom stereocenters. The van der Waals surface area contributed by atoms with E-state index in [9.17, 15) is 65.9 Å². The van der Waals surface area contributed by atoms with Gasteiger partial charge in [-0.05, 0) is 5.92 Å². The van der Waals surface area contributed by atoms with Crippen LogP contribution in [0.3, 0.4) is 0 Å². The van der Waals surface area contributed by atoms with Crippen molar-refractivity contribution in [3.8, 4) is 0 Å². The van der Waals surface area contributed by atoms with Gasteiger partial charge in [-0.1, -0.05) is 13.8 Å². The second-order valence-corrected chi connectivity index (χ2v) is 8.41. The van der Waals surface area contributed by atoms with E-state index in [2.05, 4.69) is 0 Å². The molecule has 0 bridgehead atoms. The van der Waals surface area contributed by atoms with Gasteiger partial charge in [0.15, 0.2) is 0 Å². The maximum absolute atomic E-state index is 13.6. The third-order valence-electron chi connectivity index (χ3n) is 3.75. The first kappa shape index (κ1) is 30.9. The zero-order valence-electron chi connectivity index (χ0n) is 16.7. The minimum Gasteiger partial charge on any atom is -0.207 e. The van der Waals surface area contributed by atoms with Crippen LogP contribution in [0.4, 0.5) is 65.9 Å². The van der Waals surface area contributed by atoms with Crippen molar-refractivity contribution in [2.75, 3.05) is 0 Å². The molecule has 0 saturated carbocycles. The van der Waals surface area contributed by atoms with E-state index in [0.29, 0.717) is 0 Å². The molecule has 0 aliphatic rings. The van der Waals surface area contributed by atoms with E-state index in [1.807, 2.05) is 0 Å². The zero-order chi connectivity index (χ0) is 26.0. The van der Waals surface area contributed by atoms with Crippen molar-refractivity contribution in [1.82, 2.24) is 0 Å². The van der Waals surface area contributed by atoms with E-state index in [1.165, 1.54) is 13.8 Å². The van der Waals surface area contributed by atoms with Crippen LogP contribution in [0.1, 0.15) is 58.8 Å². The second kappa shape index (κ2) is 9.67. The maximum atomic E-state index is 13.6. The SMILES string of the molecule is CC(C)CC(F)(F)CC(F)(F)CC(F)(F)CC(F)(F)CC(F)(F)CC(F)(F)CC(F)(F)F. The zero-order valence-corrected chi connectivity index (χ0v) is 16.7. The van der Waals surface area contributed by atoms with Crippen LogP contribution in [-0.4, -0.2) is 41.7 Å². The lowest BCUT2D eigenvalue weighted by molar-refractivity contribution is -0.220. The number of rotatable bonds is 13. The Labute approximate surface area is 173 Å². The third kappa shape index (κ3) is 14.2. The Morgan fingerprint density at radius 1 is 0.375 bits per heavy atom. The predicted molar refractivity (Wildman–Crippen MR) is 82.9 cm³/mol. The van der Waals surface area contributed by atoms with Crippen LogP contribution < -0.4 is 0 Å². The van der Waals surface area contributed by atoms with Crippen LogP contribution in [0.25, 0.3) is 0 Å². The monoisotopic (exact) mass is 510 g/mol. The van der Waals surface area contributed by atoms with Crippen molar-refractivity contribution in [3.63, 3.8) is 0 Å². The van der Waals surface area contributed by atoms with Crippen molar-refractivity contribution in [1.29, 1.82) is 0 Å². The topological polar surface area (TPSA) is 0 Å². The molecule has 0 nitrogen and oxygen atoms in total. The summed E-state index contributed by atoms with van der Waals surface area (Å²) in [4.78, 5) is 0. The minimum atomic E-state index is -5.64.